The third-order valence-electron chi connectivity index (χ3n) is 2.91. The summed E-state index contributed by atoms with van der Waals surface area (Å²) in [5, 5.41) is 0. The Hall–Kier alpha value is -0.910. The Morgan fingerprint density at radius 2 is 1.76 bits per heavy atom. The van der Waals surface area contributed by atoms with E-state index in [0.29, 0.717) is 19.1 Å². The molecular formula is C16H28N2O2S. The first-order valence-electron chi connectivity index (χ1n) is 7.55. The molecule has 0 radical (unpaired) electrons. The van der Waals surface area contributed by atoms with Gasteiger partial charge in [-0.25, -0.2) is 0 Å². The van der Waals surface area contributed by atoms with Gasteiger partial charge in [0.2, 0.25) is 0 Å². The van der Waals surface area contributed by atoms with Crippen LogP contribution >= 0.6 is 11.8 Å². The van der Waals surface area contributed by atoms with E-state index in [1.165, 1.54) is 0 Å². The second-order valence-corrected chi connectivity index (χ2v) is 6.30. The van der Waals surface area contributed by atoms with Gasteiger partial charge in [0, 0.05) is 5.75 Å². The summed E-state index contributed by atoms with van der Waals surface area (Å²) in [6.45, 7) is 9.63. The average Bonchev–Trinajstić information content (AvgIpc) is 2.46. The van der Waals surface area contributed by atoms with Crippen molar-refractivity contribution >= 4 is 11.8 Å². The van der Waals surface area contributed by atoms with Crippen LogP contribution in [0.2, 0.25) is 0 Å². The zero-order valence-corrected chi connectivity index (χ0v) is 14.3. The molecular weight excluding hydrogens is 284 g/mol. The summed E-state index contributed by atoms with van der Waals surface area (Å²) in [5.74, 6) is 10.0. The van der Waals surface area contributed by atoms with E-state index < -0.39 is 0 Å². The third-order valence-corrected chi connectivity index (χ3v) is 4.38. The lowest BCUT2D eigenvalue weighted by molar-refractivity contribution is 0.287. The molecule has 5 heteroatoms. The lowest BCUT2D eigenvalue weighted by Gasteiger charge is -2.19. The molecule has 1 unspecified atom stereocenters. The highest BCUT2D eigenvalue weighted by atomic mass is 32.2. The molecule has 0 aliphatic carbocycles. The maximum absolute atomic E-state index is 5.71. The third kappa shape index (κ3) is 6.16. The van der Waals surface area contributed by atoms with Crippen molar-refractivity contribution in [2.75, 3.05) is 24.7 Å². The molecule has 0 amide bonds. The SMILES string of the molecule is CCOc1ccc(C(CSCC(C)C)NN)cc1OCC. The maximum Gasteiger partial charge on any atom is 0.161 e. The molecule has 0 bridgehead atoms. The minimum Gasteiger partial charge on any atom is -0.490 e. The van der Waals surface area contributed by atoms with Gasteiger partial charge in [0.05, 0.1) is 19.3 Å². The minimum atomic E-state index is 0.114. The molecule has 0 fully saturated rings. The van der Waals surface area contributed by atoms with Crippen LogP contribution in [-0.4, -0.2) is 24.7 Å². The fraction of sp³-hybridized carbons (Fsp3) is 0.625. The predicted molar refractivity (Wildman–Crippen MR) is 91.0 cm³/mol. The molecule has 4 nitrogen and oxygen atoms in total. The van der Waals surface area contributed by atoms with Crippen LogP contribution in [0.1, 0.15) is 39.3 Å². The number of benzene rings is 1. The minimum absolute atomic E-state index is 0.114. The van der Waals surface area contributed by atoms with Gasteiger partial charge in [-0.3, -0.25) is 11.3 Å². The van der Waals surface area contributed by atoms with Crippen molar-refractivity contribution in [2.45, 2.75) is 33.7 Å². The summed E-state index contributed by atoms with van der Waals surface area (Å²) in [6, 6.07) is 6.15. The molecule has 0 aliphatic heterocycles. The van der Waals surface area contributed by atoms with Crippen LogP contribution in [0.4, 0.5) is 0 Å². The summed E-state index contributed by atoms with van der Waals surface area (Å²) >= 11 is 1.91. The Labute approximate surface area is 132 Å². The fourth-order valence-electron chi connectivity index (χ4n) is 1.95. The Balaban J connectivity index is 2.81. The first-order valence-corrected chi connectivity index (χ1v) is 8.71. The Morgan fingerprint density at radius 1 is 1.10 bits per heavy atom. The van der Waals surface area contributed by atoms with E-state index in [2.05, 4.69) is 19.3 Å². The number of nitrogens with one attached hydrogen (secondary N) is 1. The van der Waals surface area contributed by atoms with Crippen molar-refractivity contribution in [3.8, 4) is 11.5 Å². The van der Waals surface area contributed by atoms with Gasteiger partial charge < -0.3 is 9.47 Å². The van der Waals surface area contributed by atoms with Crippen molar-refractivity contribution < 1.29 is 9.47 Å². The molecule has 1 aromatic rings. The van der Waals surface area contributed by atoms with Crippen molar-refractivity contribution in [2.24, 2.45) is 11.8 Å². The number of hydrogen-bond acceptors (Lipinski definition) is 5. The number of thioether (sulfide) groups is 1. The molecule has 0 spiro atoms. The second kappa shape index (κ2) is 9.92. The topological polar surface area (TPSA) is 56.5 Å². The van der Waals surface area contributed by atoms with E-state index in [4.69, 9.17) is 15.3 Å². The van der Waals surface area contributed by atoms with Crippen LogP contribution in [0.25, 0.3) is 0 Å². The Bertz CT molecular complexity index is 413. The van der Waals surface area contributed by atoms with Gasteiger partial charge >= 0.3 is 0 Å². The highest BCUT2D eigenvalue weighted by Gasteiger charge is 2.14. The number of nitrogens with two attached hydrogens (primary N) is 1. The molecule has 0 saturated heterocycles. The molecule has 0 aliphatic rings. The lowest BCUT2D eigenvalue weighted by atomic mass is 10.1. The van der Waals surface area contributed by atoms with Crippen LogP contribution < -0.4 is 20.7 Å². The largest absolute Gasteiger partial charge is 0.490 e. The van der Waals surface area contributed by atoms with Gasteiger partial charge in [-0.15, -0.1) is 0 Å². The van der Waals surface area contributed by atoms with Crippen LogP contribution in [0.15, 0.2) is 18.2 Å². The fourth-order valence-corrected chi connectivity index (χ4v) is 3.08. The first kappa shape index (κ1) is 18.1. The maximum atomic E-state index is 5.71. The van der Waals surface area contributed by atoms with Gasteiger partial charge in [-0.2, -0.15) is 11.8 Å². The molecule has 3 N–H and O–H groups in total. The van der Waals surface area contributed by atoms with E-state index in [-0.39, 0.29) is 6.04 Å². The van der Waals surface area contributed by atoms with Gasteiger partial charge in [-0.05, 0) is 43.2 Å². The van der Waals surface area contributed by atoms with Gasteiger partial charge in [0.25, 0.3) is 0 Å². The number of ether oxygens (including phenoxy) is 2. The van der Waals surface area contributed by atoms with Crippen molar-refractivity contribution in [3.63, 3.8) is 0 Å². The highest BCUT2D eigenvalue weighted by molar-refractivity contribution is 7.99. The molecule has 1 rings (SSSR count). The summed E-state index contributed by atoms with van der Waals surface area (Å²) in [5.41, 5.74) is 4.02. The smallest absolute Gasteiger partial charge is 0.161 e. The number of hydrogen-bond donors (Lipinski definition) is 2. The summed E-state index contributed by atoms with van der Waals surface area (Å²) in [6.07, 6.45) is 0. The van der Waals surface area contributed by atoms with E-state index in [1.807, 2.05) is 43.8 Å². The quantitative estimate of drug-likeness (QED) is 0.512. The van der Waals surface area contributed by atoms with Gasteiger partial charge in [0.15, 0.2) is 11.5 Å². The van der Waals surface area contributed by atoms with Gasteiger partial charge in [-0.1, -0.05) is 19.9 Å². The van der Waals surface area contributed by atoms with E-state index >= 15 is 0 Å². The van der Waals surface area contributed by atoms with Gasteiger partial charge in [0.1, 0.15) is 0 Å². The Morgan fingerprint density at radius 3 is 2.33 bits per heavy atom. The van der Waals surface area contributed by atoms with Crippen LogP contribution in [-0.2, 0) is 0 Å². The monoisotopic (exact) mass is 312 g/mol. The van der Waals surface area contributed by atoms with Crippen molar-refractivity contribution in [1.82, 2.24) is 5.43 Å². The average molecular weight is 312 g/mol. The van der Waals surface area contributed by atoms with E-state index in [1.54, 1.807) is 0 Å². The van der Waals surface area contributed by atoms with E-state index in [9.17, 15) is 0 Å². The Kier molecular flexibility index (Phi) is 8.57. The molecule has 0 heterocycles. The molecule has 120 valence electrons. The molecule has 1 aromatic carbocycles. The van der Waals surface area contributed by atoms with Crippen LogP contribution in [0.5, 0.6) is 11.5 Å². The van der Waals surface area contributed by atoms with Crippen LogP contribution in [0.3, 0.4) is 0 Å². The molecule has 21 heavy (non-hydrogen) atoms. The van der Waals surface area contributed by atoms with Crippen LogP contribution in [0, 0.1) is 5.92 Å². The lowest BCUT2D eigenvalue weighted by Crippen LogP contribution is -2.30. The first-order chi connectivity index (χ1) is 10.1. The molecule has 1 atom stereocenters. The number of hydrazine groups is 1. The zero-order valence-electron chi connectivity index (χ0n) is 13.5. The zero-order chi connectivity index (χ0) is 15.7. The van der Waals surface area contributed by atoms with Crippen molar-refractivity contribution in [3.05, 3.63) is 23.8 Å². The summed E-state index contributed by atoms with van der Waals surface area (Å²) < 4.78 is 11.3. The molecule has 0 aromatic heterocycles. The highest BCUT2D eigenvalue weighted by Crippen LogP contribution is 2.31. The number of rotatable bonds is 10. The van der Waals surface area contributed by atoms with E-state index in [0.717, 1.165) is 28.6 Å². The van der Waals surface area contributed by atoms with Crippen molar-refractivity contribution in [1.29, 1.82) is 0 Å². The second-order valence-electron chi connectivity index (χ2n) is 5.22. The standard InChI is InChI=1S/C16H28N2O2S/c1-5-19-15-8-7-13(9-16(15)20-6-2)14(18-17)11-21-10-12(3)4/h7-9,12,14,18H,5-6,10-11,17H2,1-4H3. The summed E-state index contributed by atoms with van der Waals surface area (Å²) in [7, 11) is 0. The predicted octanol–water partition coefficient (Wildman–Crippen LogP) is 3.38. The normalized spacial score (nSPS) is 12.5. The molecule has 0 saturated carbocycles. The summed E-state index contributed by atoms with van der Waals surface area (Å²) in [4.78, 5) is 0.